The molecule has 0 aliphatic heterocycles. The number of carbonyl (C=O) groups excluding carboxylic acids is 1. The minimum Gasteiger partial charge on any atom is -0.349 e. The van der Waals surface area contributed by atoms with E-state index in [0.717, 1.165) is 0 Å². The van der Waals surface area contributed by atoms with Gasteiger partial charge in [0.05, 0.1) is 12.6 Å². The summed E-state index contributed by atoms with van der Waals surface area (Å²) in [7, 11) is 0. The zero-order chi connectivity index (χ0) is 9.72. The molecule has 1 atom stereocenters. The van der Waals surface area contributed by atoms with Crippen LogP contribution in [0.15, 0.2) is 0 Å². The lowest BCUT2D eigenvalue weighted by molar-refractivity contribution is -0.123. The number of rotatable bonds is 4. The molecule has 0 saturated carbocycles. The van der Waals surface area contributed by atoms with Gasteiger partial charge in [-0.05, 0) is 5.92 Å². The van der Waals surface area contributed by atoms with Crippen LogP contribution in [0.25, 0.3) is 0 Å². The summed E-state index contributed by atoms with van der Waals surface area (Å²) in [6.45, 7) is 2.89. The van der Waals surface area contributed by atoms with E-state index in [0.29, 0.717) is 0 Å². The van der Waals surface area contributed by atoms with Crippen LogP contribution >= 0.6 is 0 Å². The van der Waals surface area contributed by atoms with E-state index in [9.17, 15) is 13.6 Å². The summed E-state index contributed by atoms with van der Waals surface area (Å²) in [6, 6.07) is -0.705. The Labute approximate surface area is 70.3 Å². The Bertz CT molecular complexity index is 150. The maximum Gasteiger partial charge on any atom is 0.255 e. The van der Waals surface area contributed by atoms with Crippen molar-refractivity contribution in [1.82, 2.24) is 5.32 Å². The second-order valence-corrected chi connectivity index (χ2v) is 2.91. The summed E-state index contributed by atoms with van der Waals surface area (Å²) in [5, 5.41) is 2.05. The molecule has 0 aliphatic rings. The molecule has 0 radical (unpaired) electrons. The third kappa shape index (κ3) is 4.23. The van der Waals surface area contributed by atoms with Gasteiger partial charge in [0.1, 0.15) is 0 Å². The topological polar surface area (TPSA) is 55.1 Å². The predicted octanol–water partition coefficient (Wildman–Crippen LogP) is 0.351. The molecule has 0 spiro atoms. The van der Waals surface area contributed by atoms with E-state index < -0.39 is 24.9 Å². The van der Waals surface area contributed by atoms with Crippen molar-refractivity contribution in [3.05, 3.63) is 0 Å². The Morgan fingerprint density at radius 3 is 2.33 bits per heavy atom. The number of carbonyl (C=O) groups is 1. The molecule has 0 aromatic carbocycles. The summed E-state index contributed by atoms with van der Waals surface area (Å²) in [5.74, 6) is -0.562. The second-order valence-electron chi connectivity index (χ2n) is 2.91. The molecule has 1 amide bonds. The fourth-order valence-corrected chi connectivity index (χ4v) is 0.598. The van der Waals surface area contributed by atoms with Crippen molar-refractivity contribution in [2.75, 3.05) is 6.54 Å². The van der Waals surface area contributed by atoms with Crippen LogP contribution in [-0.4, -0.2) is 24.9 Å². The number of halogens is 2. The largest absolute Gasteiger partial charge is 0.349 e. The van der Waals surface area contributed by atoms with Crippen LogP contribution in [0.3, 0.4) is 0 Å². The predicted molar refractivity (Wildman–Crippen MR) is 41.8 cm³/mol. The SMILES string of the molecule is CC(C)[C@@H](N)C(=O)NCC(F)F. The smallest absolute Gasteiger partial charge is 0.255 e. The zero-order valence-corrected chi connectivity index (χ0v) is 7.18. The zero-order valence-electron chi connectivity index (χ0n) is 7.18. The van der Waals surface area contributed by atoms with Crippen LogP contribution in [0, 0.1) is 5.92 Å². The van der Waals surface area contributed by atoms with Gasteiger partial charge in [-0.15, -0.1) is 0 Å². The van der Waals surface area contributed by atoms with Gasteiger partial charge in [-0.3, -0.25) is 4.79 Å². The lowest BCUT2D eigenvalue weighted by Gasteiger charge is -2.14. The Morgan fingerprint density at radius 1 is 1.50 bits per heavy atom. The summed E-state index contributed by atoms with van der Waals surface area (Å²) < 4.78 is 23.2. The first-order valence-electron chi connectivity index (χ1n) is 3.76. The number of nitrogens with two attached hydrogens (primary N) is 1. The summed E-state index contributed by atoms with van der Waals surface area (Å²) in [4.78, 5) is 10.9. The van der Waals surface area contributed by atoms with E-state index in [-0.39, 0.29) is 5.92 Å². The monoisotopic (exact) mass is 180 g/mol. The molecule has 0 heterocycles. The summed E-state index contributed by atoms with van der Waals surface area (Å²) in [6.07, 6.45) is -2.52. The molecule has 0 aliphatic carbocycles. The molecule has 0 unspecified atom stereocenters. The number of hydrogen-bond acceptors (Lipinski definition) is 2. The lowest BCUT2D eigenvalue weighted by atomic mass is 10.1. The van der Waals surface area contributed by atoms with E-state index in [1.807, 2.05) is 5.32 Å². The minimum atomic E-state index is -2.52. The maximum absolute atomic E-state index is 11.6. The molecule has 12 heavy (non-hydrogen) atoms. The highest BCUT2D eigenvalue weighted by atomic mass is 19.3. The highest BCUT2D eigenvalue weighted by Crippen LogP contribution is 1.98. The molecular formula is C7H14F2N2O. The van der Waals surface area contributed by atoms with Crippen molar-refractivity contribution in [2.45, 2.75) is 26.3 Å². The summed E-state index contributed by atoms with van der Waals surface area (Å²) >= 11 is 0. The first kappa shape index (κ1) is 11.3. The van der Waals surface area contributed by atoms with Crippen molar-refractivity contribution in [1.29, 1.82) is 0 Å². The van der Waals surface area contributed by atoms with E-state index in [2.05, 4.69) is 0 Å². The fraction of sp³-hybridized carbons (Fsp3) is 0.857. The second kappa shape index (κ2) is 5.03. The Morgan fingerprint density at radius 2 is 2.00 bits per heavy atom. The molecule has 5 heteroatoms. The average Bonchev–Trinajstić information content (AvgIpc) is 1.98. The molecule has 0 saturated heterocycles. The molecule has 0 fully saturated rings. The highest BCUT2D eigenvalue weighted by molar-refractivity contribution is 5.81. The Balaban J connectivity index is 3.72. The number of amides is 1. The van der Waals surface area contributed by atoms with Crippen LogP contribution in [0.5, 0.6) is 0 Å². The lowest BCUT2D eigenvalue weighted by Crippen LogP contribution is -2.45. The first-order chi connectivity index (χ1) is 5.45. The first-order valence-corrected chi connectivity index (χ1v) is 3.76. The number of nitrogens with one attached hydrogen (secondary N) is 1. The van der Waals surface area contributed by atoms with Crippen molar-refractivity contribution in [3.63, 3.8) is 0 Å². The van der Waals surface area contributed by atoms with E-state index in [4.69, 9.17) is 5.73 Å². The molecular weight excluding hydrogens is 166 g/mol. The highest BCUT2D eigenvalue weighted by Gasteiger charge is 2.17. The van der Waals surface area contributed by atoms with E-state index >= 15 is 0 Å². The molecule has 3 nitrogen and oxygen atoms in total. The third-order valence-corrected chi connectivity index (χ3v) is 1.45. The van der Waals surface area contributed by atoms with E-state index in [1.165, 1.54) is 0 Å². The number of hydrogen-bond donors (Lipinski definition) is 2. The molecule has 0 aromatic heterocycles. The molecule has 0 aromatic rings. The fourth-order valence-electron chi connectivity index (χ4n) is 0.598. The van der Waals surface area contributed by atoms with Gasteiger partial charge in [-0.25, -0.2) is 8.78 Å². The maximum atomic E-state index is 11.6. The Kier molecular flexibility index (Phi) is 4.73. The molecule has 3 N–H and O–H groups in total. The summed E-state index contributed by atoms with van der Waals surface area (Å²) in [5.41, 5.74) is 5.39. The normalized spacial score (nSPS) is 13.6. The Hall–Kier alpha value is -0.710. The van der Waals surface area contributed by atoms with Crippen LogP contribution in [0.1, 0.15) is 13.8 Å². The van der Waals surface area contributed by atoms with Gasteiger partial charge in [0.25, 0.3) is 6.43 Å². The van der Waals surface area contributed by atoms with Crippen LogP contribution in [0.4, 0.5) is 8.78 Å². The van der Waals surface area contributed by atoms with Crippen molar-refractivity contribution < 1.29 is 13.6 Å². The van der Waals surface area contributed by atoms with Gasteiger partial charge >= 0.3 is 0 Å². The van der Waals surface area contributed by atoms with Gasteiger partial charge in [0.2, 0.25) is 5.91 Å². The van der Waals surface area contributed by atoms with Gasteiger partial charge < -0.3 is 11.1 Å². The van der Waals surface area contributed by atoms with Crippen molar-refractivity contribution in [3.8, 4) is 0 Å². The van der Waals surface area contributed by atoms with Gasteiger partial charge in [-0.1, -0.05) is 13.8 Å². The molecule has 0 rings (SSSR count). The van der Waals surface area contributed by atoms with Gasteiger partial charge in [0.15, 0.2) is 0 Å². The third-order valence-electron chi connectivity index (χ3n) is 1.45. The van der Waals surface area contributed by atoms with Crippen molar-refractivity contribution in [2.24, 2.45) is 11.7 Å². The number of alkyl halides is 2. The van der Waals surface area contributed by atoms with Crippen LogP contribution in [-0.2, 0) is 4.79 Å². The molecule has 72 valence electrons. The minimum absolute atomic E-state index is 0.0392. The van der Waals surface area contributed by atoms with E-state index in [1.54, 1.807) is 13.8 Å². The average molecular weight is 180 g/mol. The quantitative estimate of drug-likeness (QED) is 0.656. The van der Waals surface area contributed by atoms with Gasteiger partial charge in [-0.2, -0.15) is 0 Å². The molecule has 0 bridgehead atoms. The van der Waals surface area contributed by atoms with Crippen LogP contribution in [0.2, 0.25) is 0 Å². The van der Waals surface area contributed by atoms with Crippen molar-refractivity contribution >= 4 is 5.91 Å². The standard InChI is InChI=1S/C7H14F2N2O/c1-4(2)6(10)7(12)11-3-5(8)9/h4-6H,3,10H2,1-2H3,(H,11,12)/t6-/m1/s1. The van der Waals surface area contributed by atoms with Crippen LogP contribution < -0.4 is 11.1 Å². The van der Waals surface area contributed by atoms with Gasteiger partial charge in [0, 0.05) is 0 Å².